The van der Waals surface area contributed by atoms with Crippen LogP contribution in [0.3, 0.4) is 0 Å². The van der Waals surface area contributed by atoms with Crippen LogP contribution < -0.4 is 20.1 Å². The molecule has 1 fully saturated rings. The Labute approximate surface area is 255 Å². The summed E-state index contributed by atoms with van der Waals surface area (Å²) < 4.78 is 26.2. The van der Waals surface area contributed by atoms with E-state index in [9.17, 15) is 19.1 Å². The lowest BCUT2D eigenvalue weighted by Gasteiger charge is -2.32. The normalized spacial score (nSPS) is 14.7. The number of ether oxygens (including phenoxy) is 2. The molecule has 1 aliphatic rings. The number of likely N-dealkylation sites (tertiary alicyclic amines) is 1. The molecule has 0 radical (unpaired) electrons. The lowest BCUT2D eigenvalue weighted by molar-refractivity contribution is 0.102. The van der Waals surface area contributed by atoms with Crippen LogP contribution >= 0.6 is 0 Å². The highest BCUT2D eigenvalue weighted by Gasteiger charge is 2.22. The van der Waals surface area contributed by atoms with Gasteiger partial charge in [-0.3, -0.25) is 13.8 Å². The first-order valence-electron chi connectivity index (χ1n) is 14.9. The molecular formula is C33H38FN5O5. The number of rotatable bonds is 11. The summed E-state index contributed by atoms with van der Waals surface area (Å²) in [5.41, 5.74) is 2.34. The van der Waals surface area contributed by atoms with E-state index < -0.39 is 6.67 Å². The smallest absolute Gasteiger partial charge is 0.325 e. The number of pyridine rings is 1. The standard InChI is InChI=1S/C33H38FN5O5/c1-22(40)21-38-14-9-24(10-15-38)23-4-6-25(7-5-23)32(41)37-31-19-27(8-13-36-31)44-30-18-26-11-16-39(33(42)35-2)28(26)20-29(30)43-17-3-12-34/h4-8,11,13,16,18-20,22,24,40H,3,9-10,12,14-15,17,21H2,1-2H3,(H,35,42)(H,36,37,41). The fourth-order valence-electron chi connectivity index (χ4n) is 5.46. The Bertz CT molecular complexity index is 1580. The summed E-state index contributed by atoms with van der Waals surface area (Å²) in [5, 5.41) is 15.8. The quantitative estimate of drug-likeness (QED) is 0.192. The first-order valence-corrected chi connectivity index (χ1v) is 14.9. The molecule has 0 spiro atoms. The zero-order valence-corrected chi connectivity index (χ0v) is 25.0. The molecule has 1 unspecified atom stereocenters. The van der Waals surface area contributed by atoms with Crippen molar-refractivity contribution in [1.82, 2.24) is 19.8 Å². The number of fused-ring (bicyclic) bond motifs is 1. The molecule has 3 N–H and O–H groups in total. The third-order valence-electron chi connectivity index (χ3n) is 7.68. The van der Waals surface area contributed by atoms with Crippen molar-refractivity contribution >= 4 is 28.7 Å². The fourth-order valence-corrected chi connectivity index (χ4v) is 5.46. The van der Waals surface area contributed by atoms with E-state index in [4.69, 9.17) is 9.47 Å². The molecule has 2 amide bonds. The number of β-amino-alcohol motifs (C(OH)–C–C–N with tert-alkyl or cyclic N) is 1. The van der Waals surface area contributed by atoms with E-state index in [1.54, 1.807) is 43.6 Å². The van der Waals surface area contributed by atoms with Crippen LogP contribution in [0.25, 0.3) is 10.9 Å². The number of anilines is 1. The number of aliphatic hydroxyl groups is 1. The molecular weight excluding hydrogens is 565 g/mol. The Morgan fingerprint density at radius 2 is 1.86 bits per heavy atom. The summed E-state index contributed by atoms with van der Waals surface area (Å²) in [6.45, 7) is 4.02. The monoisotopic (exact) mass is 603 g/mol. The number of carbonyl (C=O) groups excluding carboxylic acids is 2. The maximum Gasteiger partial charge on any atom is 0.325 e. The van der Waals surface area contributed by atoms with Crippen LogP contribution in [0.1, 0.15) is 48.0 Å². The topological polar surface area (TPSA) is 118 Å². The molecule has 2 aromatic carbocycles. The van der Waals surface area contributed by atoms with Gasteiger partial charge in [-0.2, -0.15) is 0 Å². The molecule has 0 saturated carbocycles. The number of carbonyl (C=O) groups is 2. The zero-order chi connectivity index (χ0) is 31.1. The third-order valence-corrected chi connectivity index (χ3v) is 7.68. The molecule has 0 bridgehead atoms. The van der Waals surface area contributed by atoms with Crippen molar-refractivity contribution in [3.05, 3.63) is 78.1 Å². The molecule has 3 heterocycles. The lowest BCUT2D eigenvalue weighted by Crippen LogP contribution is -2.37. The van der Waals surface area contributed by atoms with Crippen molar-refractivity contribution in [3.63, 3.8) is 0 Å². The molecule has 10 nitrogen and oxygen atoms in total. The molecule has 44 heavy (non-hydrogen) atoms. The highest BCUT2D eigenvalue weighted by molar-refractivity contribution is 6.03. The van der Waals surface area contributed by atoms with Gasteiger partial charge in [0.25, 0.3) is 5.91 Å². The second-order valence-electron chi connectivity index (χ2n) is 11.0. The lowest BCUT2D eigenvalue weighted by atomic mass is 9.89. The molecule has 1 atom stereocenters. The molecule has 1 saturated heterocycles. The number of benzene rings is 2. The minimum absolute atomic E-state index is 0.137. The van der Waals surface area contributed by atoms with Gasteiger partial charge in [0.15, 0.2) is 11.5 Å². The number of alkyl halides is 1. The van der Waals surface area contributed by atoms with Gasteiger partial charge in [0, 0.05) is 55.5 Å². The summed E-state index contributed by atoms with van der Waals surface area (Å²) in [5.74, 6) is 1.59. The van der Waals surface area contributed by atoms with Crippen LogP contribution in [0.4, 0.5) is 15.0 Å². The van der Waals surface area contributed by atoms with Gasteiger partial charge in [0.1, 0.15) is 11.6 Å². The predicted molar refractivity (Wildman–Crippen MR) is 167 cm³/mol. The number of hydrogen-bond acceptors (Lipinski definition) is 7. The summed E-state index contributed by atoms with van der Waals surface area (Å²) in [4.78, 5) is 31.9. The van der Waals surface area contributed by atoms with Gasteiger partial charge >= 0.3 is 6.03 Å². The number of nitrogens with one attached hydrogen (secondary N) is 2. The molecule has 0 aliphatic carbocycles. The van der Waals surface area contributed by atoms with Crippen molar-refractivity contribution in [3.8, 4) is 17.2 Å². The maximum atomic E-state index is 13.0. The third kappa shape index (κ3) is 7.53. The van der Waals surface area contributed by atoms with Gasteiger partial charge < -0.3 is 30.1 Å². The zero-order valence-electron chi connectivity index (χ0n) is 25.0. The Balaban J connectivity index is 1.26. The summed E-state index contributed by atoms with van der Waals surface area (Å²) in [6, 6.07) is 15.9. The fraction of sp³-hybridized carbons (Fsp3) is 0.364. The van der Waals surface area contributed by atoms with Gasteiger partial charge in [0.2, 0.25) is 0 Å². The number of nitrogens with zero attached hydrogens (tertiary/aromatic N) is 3. The Morgan fingerprint density at radius 3 is 2.57 bits per heavy atom. The predicted octanol–water partition coefficient (Wildman–Crippen LogP) is 5.57. The second-order valence-corrected chi connectivity index (χ2v) is 11.0. The molecule has 4 aromatic rings. The number of aromatic nitrogens is 2. The van der Waals surface area contributed by atoms with Crippen molar-refractivity contribution in [2.45, 2.75) is 38.2 Å². The van der Waals surface area contributed by atoms with Crippen molar-refractivity contribution < 1.29 is 28.6 Å². The maximum absolute atomic E-state index is 13.0. The largest absolute Gasteiger partial charge is 0.489 e. The van der Waals surface area contributed by atoms with E-state index in [0.29, 0.717) is 46.6 Å². The first kappa shape index (κ1) is 31.0. The number of aliphatic hydroxyl groups excluding tert-OH is 1. The van der Waals surface area contributed by atoms with Crippen LogP contribution in [-0.2, 0) is 0 Å². The highest BCUT2D eigenvalue weighted by Crippen LogP contribution is 2.37. The van der Waals surface area contributed by atoms with E-state index in [2.05, 4.69) is 20.5 Å². The molecule has 11 heteroatoms. The van der Waals surface area contributed by atoms with Crippen LogP contribution in [0.5, 0.6) is 17.2 Å². The molecule has 2 aromatic heterocycles. The highest BCUT2D eigenvalue weighted by atomic mass is 19.1. The number of hydrogen-bond donors (Lipinski definition) is 3. The van der Waals surface area contributed by atoms with Crippen molar-refractivity contribution in [2.24, 2.45) is 0 Å². The summed E-state index contributed by atoms with van der Waals surface area (Å²) in [6.07, 6.45) is 5.10. The SMILES string of the molecule is CNC(=O)n1ccc2cc(Oc3ccnc(NC(=O)c4ccc(C5CCN(CC(C)O)CC5)cc4)c3)c(OCCCF)cc21. The van der Waals surface area contributed by atoms with E-state index in [1.807, 2.05) is 31.2 Å². The van der Waals surface area contributed by atoms with Crippen molar-refractivity contribution in [2.75, 3.05) is 45.3 Å². The number of halogens is 1. The first-order chi connectivity index (χ1) is 21.3. The Kier molecular flexibility index (Phi) is 10.1. The molecule has 232 valence electrons. The summed E-state index contributed by atoms with van der Waals surface area (Å²) >= 11 is 0. The van der Waals surface area contributed by atoms with Crippen LogP contribution in [0, 0.1) is 0 Å². The van der Waals surface area contributed by atoms with E-state index in [0.717, 1.165) is 31.3 Å². The van der Waals surface area contributed by atoms with E-state index >= 15 is 0 Å². The van der Waals surface area contributed by atoms with Gasteiger partial charge in [-0.15, -0.1) is 0 Å². The number of amides is 2. The number of piperidine rings is 1. The summed E-state index contributed by atoms with van der Waals surface area (Å²) in [7, 11) is 1.55. The Hall–Kier alpha value is -4.48. The van der Waals surface area contributed by atoms with Crippen molar-refractivity contribution in [1.29, 1.82) is 0 Å². The van der Waals surface area contributed by atoms with Gasteiger partial charge in [-0.05, 0) is 74.7 Å². The van der Waals surface area contributed by atoms with Crippen LogP contribution in [-0.4, -0.2) is 77.6 Å². The van der Waals surface area contributed by atoms with Gasteiger partial charge in [0.05, 0.1) is 24.9 Å². The Morgan fingerprint density at radius 1 is 1.09 bits per heavy atom. The van der Waals surface area contributed by atoms with Gasteiger partial charge in [-0.25, -0.2) is 9.78 Å². The molecule has 5 rings (SSSR count). The minimum atomic E-state index is -0.521. The van der Waals surface area contributed by atoms with Gasteiger partial charge in [-0.1, -0.05) is 12.1 Å². The minimum Gasteiger partial charge on any atom is -0.489 e. The van der Waals surface area contributed by atoms with E-state index in [-0.39, 0.29) is 31.1 Å². The second kappa shape index (κ2) is 14.3. The van der Waals surface area contributed by atoms with Crippen LogP contribution in [0.15, 0.2) is 67.0 Å². The van der Waals surface area contributed by atoms with Crippen LogP contribution in [0.2, 0.25) is 0 Å². The molecule has 1 aliphatic heterocycles. The average molecular weight is 604 g/mol. The average Bonchev–Trinajstić information content (AvgIpc) is 3.44. The van der Waals surface area contributed by atoms with E-state index in [1.165, 1.54) is 16.3 Å².